The topological polar surface area (TPSA) is 89.3 Å². The van der Waals surface area contributed by atoms with Crippen LogP contribution in [0.1, 0.15) is 17.0 Å². The first-order valence-corrected chi connectivity index (χ1v) is 8.29. The lowest BCUT2D eigenvalue weighted by Crippen LogP contribution is -2.26. The lowest BCUT2D eigenvalue weighted by Gasteiger charge is -2.26. The predicted octanol–water partition coefficient (Wildman–Crippen LogP) is 3.77. The molecule has 3 aromatic rings. The van der Waals surface area contributed by atoms with Crippen LogP contribution in [0, 0.1) is 11.3 Å². The van der Waals surface area contributed by atoms with Crippen LogP contribution >= 0.6 is 15.9 Å². The molecular weight excluding hydrogens is 384 g/mol. The minimum atomic E-state index is -0.662. The second-order valence-electron chi connectivity index (χ2n) is 5.57. The molecule has 0 aliphatic carbocycles. The predicted molar refractivity (Wildman–Crippen MR) is 95.9 cm³/mol. The number of nitrogens with zero attached hydrogens (tertiary/aromatic N) is 1. The summed E-state index contributed by atoms with van der Waals surface area (Å²) in [5, 5.41) is 10.2. The van der Waals surface area contributed by atoms with E-state index in [-0.39, 0.29) is 17.0 Å². The molecule has 0 unspecified atom stereocenters. The number of benzene rings is 2. The van der Waals surface area contributed by atoms with Crippen LogP contribution in [0.15, 0.2) is 73.7 Å². The fraction of sp³-hybridized carbons (Fsp3) is 0.0526. The molecule has 5 nitrogen and oxygen atoms in total. The van der Waals surface area contributed by atoms with Crippen LogP contribution in [0.5, 0.6) is 5.75 Å². The number of allylic oxidation sites excluding steroid dienone is 1. The number of nitrogens with two attached hydrogens (primary N) is 1. The highest BCUT2D eigenvalue weighted by atomic mass is 79.9. The van der Waals surface area contributed by atoms with Crippen LogP contribution in [0.2, 0.25) is 0 Å². The van der Waals surface area contributed by atoms with Gasteiger partial charge in [-0.05, 0) is 23.8 Å². The van der Waals surface area contributed by atoms with E-state index in [1.54, 1.807) is 18.2 Å². The zero-order chi connectivity index (χ0) is 17.6. The Morgan fingerprint density at radius 2 is 1.84 bits per heavy atom. The van der Waals surface area contributed by atoms with Crippen LogP contribution in [0.4, 0.5) is 0 Å². The summed E-state index contributed by atoms with van der Waals surface area (Å²) in [5.74, 6) is -0.333. The van der Waals surface area contributed by atoms with E-state index in [1.807, 2.05) is 30.3 Å². The second-order valence-corrected chi connectivity index (χ2v) is 6.43. The molecule has 1 aliphatic heterocycles. The number of halogens is 1. The van der Waals surface area contributed by atoms with Gasteiger partial charge in [0.25, 0.3) is 0 Å². The Bertz CT molecular complexity index is 1140. The van der Waals surface area contributed by atoms with Gasteiger partial charge in [0, 0.05) is 4.47 Å². The van der Waals surface area contributed by atoms with E-state index in [4.69, 9.17) is 14.9 Å². The Morgan fingerprint density at radius 1 is 1.12 bits per heavy atom. The molecule has 6 heteroatoms. The van der Waals surface area contributed by atoms with Gasteiger partial charge in [0.1, 0.15) is 17.2 Å². The quantitative estimate of drug-likeness (QED) is 0.634. The number of hydrogen-bond donors (Lipinski definition) is 1. The van der Waals surface area contributed by atoms with E-state index in [0.717, 1.165) is 10.0 Å². The third-order valence-corrected chi connectivity index (χ3v) is 4.91. The van der Waals surface area contributed by atoms with E-state index < -0.39 is 11.5 Å². The highest BCUT2D eigenvalue weighted by molar-refractivity contribution is 9.10. The van der Waals surface area contributed by atoms with Gasteiger partial charge in [-0.25, -0.2) is 4.79 Å². The lowest BCUT2D eigenvalue weighted by atomic mass is 9.84. The summed E-state index contributed by atoms with van der Waals surface area (Å²) in [5.41, 5.74) is 7.07. The van der Waals surface area contributed by atoms with Crippen molar-refractivity contribution in [2.75, 3.05) is 0 Å². The van der Waals surface area contributed by atoms with Gasteiger partial charge in [-0.2, -0.15) is 5.26 Å². The van der Waals surface area contributed by atoms with E-state index in [1.165, 1.54) is 0 Å². The maximum atomic E-state index is 12.7. The average Bonchev–Trinajstić information content (AvgIpc) is 2.61. The molecule has 0 spiro atoms. The molecule has 1 aliphatic rings. The Kier molecular flexibility index (Phi) is 3.59. The van der Waals surface area contributed by atoms with Crippen LogP contribution in [-0.2, 0) is 0 Å². The van der Waals surface area contributed by atoms with Gasteiger partial charge in [-0.1, -0.05) is 46.3 Å². The number of para-hydroxylation sites is 1. The SMILES string of the molecule is N#CC1=C(N)Oc2c(c(=O)oc3ccccc23)[C@@H]1c1ccccc1Br. The zero-order valence-corrected chi connectivity index (χ0v) is 14.4. The molecule has 25 heavy (non-hydrogen) atoms. The first-order chi connectivity index (χ1) is 12.1. The molecule has 1 atom stereocenters. The van der Waals surface area contributed by atoms with E-state index in [0.29, 0.717) is 16.7 Å². The standard InChI is InChI=1S/C19H11BrN2O3/c20-13-7-3-1-5-10(13)15-12(9-21)18(22)25-17-11-6-2-4-8-14(11)24-19(23)16(15)17/h1-8,15H,22H2/t15-/m1/s1. The monoisotopic (exact) mass is 394 g/mol. The Balaban J connectivity index is 2.12. The second kappa shape index (κ2) is 5.80. The molecular formula is C19H11BrN2O3. The van der Waals surface area contributed by atoms with Gasteiger partial charge in [0.05, 0.1) is 16.9 Å². The largest absolute Gasteiger partial charge is 0.439 e. The molecule has 1 aromatic heterocycles. The van der Waals surface area contributed by atoms with Crippen LogP contribution in [-0.4, -0.2) is 0 Å². The van der Waals surface area contributed by atoms with Crippen molar-refractivity contribution in [2.45, 2.75) is 5.92 Å². The molecule has 0 saturated heterocycles. The molecule has 0 amide bonds. The first kappa shape index (κ1) is 15.5. The number of hydrogen-bond acceptors (Lipinski definition) is 5. The minimum Gasteiger partial charge on any atom is -0.439 e. The van der Waals surface area contributed by atoms with Crippen molar-refractivity contribution >= 4 is 26.9 Å². The molecule has 2 N–H and O–H groups in total. The molecule has 2 aromatic carbocycles. The minimum absolute atomic E-state index is 0.00786. The summed E-state index contributed by atoms with van der Waals surface area (Å²) in [7, 11) is 0. The molecule has 4 rings (SSSR count). The summed E-state index contributed by atoms with van der Waals surface area (Å²) in [6.07, 6.45) is 0. The Hall–Kier alpha value is -3.04. The van der Waals surface area contributed by atoms with E-state index >= 15 is 0 Å². The zero-order valence-electron chi connectivity index (χ0n) is 12.8. The fourth-order valence-corrected chi connectivity index (χ4v) is 3.60. The van der Waals surface area contributed by atoms with Crippen molar-refractivity contribution in [3.8, 4) is 11.8 Å². The van der Waals surface area contributed by atoms with E-state index in [2.05, 4.69) is 22.0 Å². The van der Waals surface area contributed by atoms with Crippen molar-refractivity contribution in [1.82, 2.24) is 0 Å². The number of rotatable bonds is 1. The molecule has 0 radical (unpaired) electrons. The van der Waals surface area contributed by atoms with Crippen LogP contribution in [0.3, 0.4) is 0 Å². The third-order valence-electron chi connectivity index (χ3n) is 4.19. The molecule has 0 bridgehead atoms. The highest BCUT2D eigenvalue weighted by Gasteiger charge is 2.36. The van der Waals surface area contributed by atoms with Crippen molar-refractivity contribution in [2.24, 2.45) is 5.73 Å². The maximum absolute atomic E-state index is 12.7. The maximum Gasteiger partial charge on any atom is 0.344 e. The van der Waals surface area contributed by atoms with Gasteiger partial charge in [-0.15, -0.1) is 0 Å². The van der Waals surface area contributed by atoms with Crippen molar-refractivity contribution < 1.29 is 9.15 Å². The smallest absolute Gasteiger partial charge is 0.344 e. The first-order valence-electron chi connectivity index (χ1n) is 7.49. The van der Waals surface area contributed by atoms with Crippen molar-refractivity contribution in [3.63, 3.8) is 0 Å². The van der Waals surface area contributed by atoms with E-state index in [9.17, 15) is 10.1 Å². The Morgan fingerprint density at radius 3 is 2.60 bits per heavy atom. The molecule has 2 heterocycles. The number of fused-ring (bicyclic) bond motifs is 3. The molecule has 0 fully saturated rings. The summed E-state index contributed by atoms with van der Waals surface area (Å²) in [6.45, 7) is 0. The number of nitriles is 1. The summed E-state index contributed by atoms with van der Waals surface area (Å²) in [4.78, 5) is 12.7. The average molecular weight is 395 g/mol. The summed E-state index contributed by atoms with van der Waals surface area (Å²) < 4.78 is 11.9. The molecule has 122 valence electrons. The van der Waals surface area contributed by atoms with Crippen LogP contribution < -0.4 is 16.1 Å². The highest BCUT2D eigenvalue weighted by Crippen LogP contribution is 2.44. The Labute approximate surface area is 151 Å². The van der Waals surface area contributed by atoms with Gasteiger partial charge in [0.15, 0.2) is 5.75 Å². The summed E-state index contributed by atoms with van der Waals surface area (Å²) in [6, 6.07) is 16.5. The normalized spacial score (nSPS) is 16.2. The van der Waals surface area contributed by atoms with Gasteiger partial charge >= 0.3 is 5.63 Å². The van der Waals surface area contributed by atoms with Gasteiger partial charge in [-0.3, -0.25) is 0 Å². The third kappa shape index (κ3) is 2.32. The molecule has 0 saturated carbocycles. The van der Waals surface area contributed by atoms with Crippen LogP contribution in [0.25, 0.3) is 11.0 Å². The van der Waals surface area contributed by atoms with Gasteiger partial charge < -0.3 is 14.9 Å². The summed E-state index contributed by atoms with van der Waals surface area (Å²) >= 11 is 3.49. The van der Waals surface area contributed by atoms with Crippen molar-refractivity contribution in [1.29, 1.82) is 5.26 Å². The number of ether oxygens (including phenoxy) is 1. The lowest BCUT2D eigenvalue weighted by molar-refractivity contribution is 0.388. The fourth-order valence-electron chi connectivity index (χ4n) is 3.09. The van der Waals surface area contributed by atoms with Crippen molar-refractivity contribution in [3.05, 3.63) is 86.0 Å². The van der Waals surface area contributed by atoms with Gasteiger partial charge in [0.2, 0.25) is 5.88 Å².